The quantitative estimate of drug-likeness (QED) is 0.721. The number of piperazine rings is 1. The molecule has 0 aromatic carbocycles. The molecule has 6 unspecified atom stereocenters. The van der Waals surface area contributed by atoms with Crippen LogP contribution in [0, 0.1) is 23.2 Å². The number of nitrogens with zero attached hydrogens (tertiary/aromatic N) is 3. The summed E-state index contributed by atoms with van der Waals surface area (Å²) < 4.78 is 0. The molecule has 1 saturated carbocycles. The van der Waals surface area contributed by atoms with Gasteiger partial charge in [0.25, 0.3) is 0 Å². The zero-order valence-corrected chi connectivity index (χ0v) is 21.2. The van der Waals surface area contributed by atoms with E-state index in [1.165, 1.54) is 16.1 Å². The van der Waals surface area contributed by atoms with Crippen LogP contribution in [-0.4, -0.2) is 65.1 Å². The van der Waals surface area contributed by atoms with Crippen LogP contribution in [0.25, 0.3) is 10.6 Å². The number of aliphatic hydroxyl groups is 1. The first-order chi connectivity index (χ1) is 15.3. The Morgan fingerprint density at radius 1 is 1.31 bits per heavy atom. The van der Waals surface area contributed by atoms with Gasteiger partial charge in [-0.2, -0.15) is 11.3 Å². The maximum absolute atomic E-state index is 13.3. The first-order valence-corrected chi connectivity index (χ1v) is 13.7. The third kappa shape index (κ3) is 3.75. The summed E-state index contributed by atoms with van der Waals surface area (Å²) >= 11 is 3.54. The van der Waals surface area contributed by atoms with Gasteiger partial charge < -0.3 is 14.9 Å². The molecule has 2 aromatic heterocycles. The summed E-state index contributed by atoms with van der Waals surface area (Å²) in [6.07, 6.45) is 2.51. The second kappa shape index (κ2) is 8.49. The molecule has 0 bridgehead atoms. The van der Waals surface area contributed by atoms with E-state index in [0.717, 1.165) is 50.4 Å². The molecule has 1 amide bonds. The predicted molar refractivity (Wildman–Crippen MR) is 131 cm³/mol. The molecule has 2 aromatic rings. The van der Waals surface area contributed by atoms with E-state index in [0.29, 0.717) is 0 Å². The van der Waals surface area contributed by atoms with Gasteiger partial charge in [-0.3, -0.25) is 4.79 Å². The molecule has 1 N–H and O–H groups in total. The Bertz CT molecular complexity index is 966. The maximum atomic E-state index is 13.3. The van der Waals surface area contributed by atoms with Gasteiger partial charge in [0.1, 0.15) is 5.01 Å². The fraction of sp³-hybridized carbons (Fsp3) is 0.680. The van der Waals surface area contributed by atoms with Crippen LogP contribution in [0.1, 0.15) is 50.1 Å². The highest BCUT2D eigenvalue weighted by Crippen LogP contribution is 2.57. The SMILES string of the molecule is CC(C(=O)N1CCN(C)CC1)C1CCC2(C)Cc3sc(-c4ccsc4)nc3C(C)C2C1O. The van der Waals surface area contributed by atoms with Crippen LogP contribution in [0.2, 0.25) is 0 Å². The Morgan fingerprint density at radius 3 is 2.75 bits per heavy atom. The largest absolute Gasteiger partial charge is 0.392 e. The molecule has 5 rings (SSSR count). The van der Waals surface area contributed by atoms with E-state index in [-0.39, 0.29) is 35.0 Å². The number of thiophene rings is 1. The second-order valence-electron chi connectivity index (χ2n) is 10.6. The van der Waals surface area contributed by atoms with Gasteiger partial charge in [-0.05, 0) is 55.0 Å². The number of likely N-dealkylation sites (N-methyl/N-ethyl adjacent to an activating group) is 1. The number of fused-ring (bicyclic) bond motifs is 2. The number of hydrogen-bond donors (Lipinski definition) is 1. The molecule has 5 nitrogen and oxygen atoms in total. The molecule has 3 heterocycles. The van der Waals surface area contributed by atoms with Gasteiger partial charge >= 0.3 is 0 Å². The zero-order valence-electron chi connectivity index (χ0n) is 19.6. The molecule has 6 atom stereocenters. The Balaban J connectivity index is 1.37. The lowest BCUT2D eigenvalue weighted by Crippen LogP contribution is -2.55. The van der Waals surface area contributed by atoms with Gasteiger partial charge in [-0.1, -0.05) is 20.8 Å². The first-order valence-electron chi connectivity index (χ1n) is 12.0. The Kier molecular flexibility index (Phi) is 5.98. The van der Waals surface area contributed by atoms with Crippen molar-refractivity contribution in [1.29, 1.82) is 0 Å². The number of amides is 1. The highest BCUT2D eigenvalue weighted by atomic mass is 32.1. The average Bonchev–Trinajstić information content (AvgIpc) is 3.43. The van der Waals surface area contributed by atoms with Gasteiger partial charge in [0.15, 0.2) is 0 Å². The van der Waals surface area contributed by atoms with Gasteiger partial charge in [-0.15, -0.1) is 11.3 Å². The predicted octanol–water partition coefficient (Wildman–Crippen LogP) is 4.33. The molecule has 174 valence electrons. The van der Waals surface area contributed by atoms with E-state index in [9.17, 15) is 9.90 Å². The number of hydrogen-bond acceptors (Lipinski definition) is 6. The molecule has 3 aliphatic rings. The standard InChI is InChI=1S/C25H35N3O2S2/c1-15(24(30)28-10-8-27(4)9-11-28)18-5-7-25(3)13-19-21(16(2)20(25)22(18)29)26-23(32-19)17-6-12-31-14-17/h6,12,14-16,18,20,22,29H,5,7-11,13H2,1-4H3. The average molecular weight is 474 g/mol. The van der Waals surface area contributed by atoms with Crippen molar-refractivity contribution in [3.8, 4) is 10.6 Å². The van der Waals surface area contributed by atoms with Crippen molar-refractivity contribution < 1.29 is 9.90 Å². The molecule has 1 aliphatic heterocycles. The number of carbonyl (C=O) groups is 1. The van der Waals surface area contributed by atoms with Crippen LogP contribution in [0.5, 0.6) is 0 Å². The van der Waals surface area contributed by atoms with Crippen LogP contribution in [0.3, 0.4) is 0 Å². The van der Waals surface area contributed by atoms with Crippen LogP contribution in [0.4, 0.5) is 0 Å². The summed E-state index contributed by atoms with van der Waals surface area (Å²) in [4.78, 5) is 24.0. The van der Waals surface area contributed by atoms with Crippen molar-refractivity contribution in [1.82, 2.24) is 14.8 Å². The number of thiazole rings is 1. The van der Waals surface area contributed by atoms with Crippen molar-refractivity contribution in [2.75, 3.05) is 33.2 Å². The van der Waals surface area contributed by atoms with Gasteiger partial charge in [0.2, 0.25) is 5.91 Å². The minimum atomic E-state index is -0.463. The number of rotatable bonds is 3. The van der Waals surface area contributed by atoms with Crippen molar-refractivity contribution in [2.45, 2.75) is 52.1 Å². The Hall–Kier alpha value is -1.28. The second-order valence-corrected chi connectivity index (χ2v) is 12.5. The molecular weight excluding hydrogens is 438 g/mol. The first kappa shape index (κ1) is 22.5. The van der Waals surface area contributed by atoms with Crippen LogP contribution >= 0.6 is 22.7 Å². The molecular formula is C25H35N3O2S2. The van der Waals surface area contributed by atoms with E-state index in [1.807, 2.05) is 23.2 Å². The number of aliphatic hydroxyl groups excluding tert-OH is 1. The molecule has 2 fully saturated rings. The maximum Gasteiger partial charge on any atom is 0.225 e. The summed E-state index contributed by atoms with van der Waals surface area (Å²) in [6, 6.07) is 2.14. The molecule has 0 spiro atoms. The number of aromatic nitrogens is 1. The summed E-state index contributed by atoms with van der Waals surface area (Å²) in [5.74, 6) is 0.468. The smallest absolute Gasteiger partial charge is 0.225 e. The van der Waals surface area contributed by atoms with E-state index in [2.05, 4.69) is 42.6 Å². The third-order valence-electron chi connectivity index (χ3n) is 8.54. The van der Waals surface area contributed by atoms with Crippen LogP contribution < -0.4 is 0 Å². The monoisotopic (exact) mass is 473 g/mol. The highest BCUT2D eigenvalue weighted by Gasteiger charge is 2.54. The van der Waals surface area contributed by atoms with E-state index in [1.54, 1.807) is 11.3 Å². The third-order valence-corrected chi connectivity index (χ3v) is 10.3. The van der Waals surface area contributed by atoms with Crippen molar-refractivity contribution in [3.63, 3.8) is 0 Å². The number of carbonyl (C=O) groups excluding carboxylic acids is 1. The van der Waals surface area contributed by atoms with E-state index in [4.69, 9.17) is 4.98 Å². The summed E-state index contributed by atoms with van der Waals surface area (Å²) in [5.41, 5.74) is 2.45. The highest BCUT2D eigenvalue weighted by molar-refractivity contribution is 7.15. The van der Waals surface area contributed by atoms with Gasteiger partial charge in [0, 0.05) is 53.8 Å². The lowest BCUT2D eigenvalue weighted by Gasteiger charge is -2.53. The lowest BCUT2D eigenvalue weighted by atomic mass is 9.53. The normalized spacial score (nSPS) is 34.1. The van der Waals surface area contributed by atoms with Gasteiger partial charge in [-0.25, -0.2) is 4.98 Å². The van der Waals surface area contributed by atoms with Crippen molar-refractivity contribution in [2.24, 2.45) is 23.2 Å². The fourth-order valence-corrected chi connectivity index (χ4v) is 8.63. The Morgan fingerprint density at radius 2 is 2.06 bits per heavy atom. The van der Waals surface area contributed by atoms with Crippen LogP contribution in [0.15, 0.2) is 16.8 Å². The minimum Gasteiger partial charge on any atom is -0.392 e. The Labute approximate surface area is 199 Å². The van der Waals surface area contributed by atoms with Gasteiger partial charge in [0.05, 0.1) is 11.8 Å². The molecule has 7 heteroatoms. The summed E-state index contributed by atoms with van der Waals surface area (Å²) in [6.45, 7) is 10.1. The van der Waals surface area contributed by atoms with Crippen LogP contribution in [-0.2, 0) is 11.2 Å². The van der Waals surface area contributed by atoms with Crippen molar-refractivity contribution in [3.05, 3.63) is 27.4 Å². The minimum absolute atomic E-state index is 0.0270. The summed E-state index contributed by atoms with van der Waals surface area (Å²) in [7, 11) is 2.11. The summed E-state index contributed by atoms with van der Waals surface area (Å²) in [5, 5.41) is 17.1. The molecule has 32 heavy (non-hydrogen) atoms. The molecule has 1 saturated heterocycles. The van der Waals surface area contributed by atoms with E-state index < -0.39 is 6.10 Å². The fourth-order valence-electron chi connectivity index (χ4n) is 6.55. The zero-order chi connectivity index (χ0) is 22.6. The topological polar surface area (TPSA) is 56.7 Å². The lowest BCUT2D eigenvalue weighted by molar-refractivity contribution is -0.146. The van der Waals surface area contributed by atoms with Crippen molar-refractivity contribution >= 4 is 28.6 Å². The van der Waals surface area contributed by atoms with E-state index >= 15 is 0 Å². The molecule has 2 aliphatic carbocycles. The molecule has 0 radical (unpaired) electrons.